The number of ether oxygens (including phenoxy) is 2. The van der Waals surface area contributed by atoms with Crippen molar-refractivity contribution in [2.75, 3.05) is 20.3 Å². The third-order valence-corrected chi connectivity index (χ3v) is 3.58. The predicted molar refractivity (Wildman–Crippen MR) is 93.8 cm³/mol. The highest BCUT2D eigenvalue weighted by Gasteiger charge is 2.13. The van der Waals surface area contributed by atoms with Crippen molar-refractivity contribution in [3.05, 3.63) is 53.7 Å². The van der Waals surface area contributed by atoms with Gasteiger partial charge in [0.15, 0.2) is 0 Å². The number of amides is 1. The van der Waals surface area contributed by atoms with Crippen LogP contribution >= 0.6 is 0 Å². The van der Waals surface area contributed by atoms with Crippen LogP contribution in [0.2, 0.25) is 0 Å². The summed E-state index contributed by atoms with van der Waals surface area (Å²) in [7, 11) is 1.54. The van der Waals surface area contributed by atoms with Crippen LogP contribution in [0.1, 0.15) is 36.7 Å². The molecular formula is C19H24N2O3. The zero-order chi connectivity index (χ0) is 17.6. The molecule has 1 aromatic carbocycles. The van der Waals surface area contributed by atoms with E-state index in [0.29, 0.717) is 24.6 Å². The Morgan fingerprint density at radius 3 is 2.38 bits per heavy atom. The first-order chi connectivity index (χ1) is 11.4. The van der Waals surface area contributed by atoms with E-state index in [4.69, 9.17) is 9.47 Å². The molecule has 0 aliphatic carbocycles. The van der Waals surface area contributed by atoms with E-state index >= 15 is 0 Å². The van der Waals surface area contributed by atoms with Gasteiger partial charge in [0.25, 0.3) is 5.91 Å². The molecule has 0 unspecified atom stereocenters. The van der Waals surface area contributed by atoms with Crippen molar-refractivity contribution in [1.82, 2.24) is 10.3 Å². The summed E-state index contributed by atoms with van der Waals surface area (Å²) >= 11 is 0. The lowest BCUT2D eigenvalue weighted by atomic mass is 9.87. The largest absolute Gasteiger partial charge is 0.492 e. The first kappa shape index (κ1) is 17.8. The van der Waals surface area contributed by atoms with Crippen molar-refractivity contribution in [1.29, 1.82) is 0 Å². The van der Waals surface area contributed by atoms with Crippen molar-refractivity contribution in [2.24, 2.45) is 0 Å². The quantitative estimate of drug-likeness (QED) is 0.827. The lowest BCUT2D eigenvalue weighted by molar-refractivity contribution is 0.0946. The molecular weight excluding hydrogens is 304 g/mol. The van der Waals surface area contributed by atoms with E-state index in [-0.39, 0.29) is 11.3 Å². The minimum Gasteiger partial charge on any atom is -0.492 e. The third kappa shape index (κ3) is 4.98. The smallest absolute Gasteiger partial charge is 0.252 e. The Kier molecular flexibility index (Phi) is 5.79. The second-order valence-corrected chi connectivity index (χ2v) is 6.47. The molecule has 0 bridgehead atoms. The lowest BCUT2D eigenvalue weighted by Crippen LogP contribution is -2.28. The van der Waals surface area contributed by atoms with Crippen LogP contribution in [-0.2, 0) is 5.41 Å². The summed E-state index contributed by atoms with van der Waals surface area (Å²) in [4.78, 5) is 16.0. The number of nitrogens with one attached hydrogen (secondary N) is 1. The van der Waals surface area contributed by atoms with Gasteiger partial charge in [-0.1, -0.05) is 32.9 Å². The Morgan fingerprint density at radius 1 is 1.12 bits per heavy atom. The maximum Gasteiger partial charge on any atom is 0.252 e. The maximum atomic E-state index is 12.0. The van der Waals surface area contributed by atoms with Crippen LogP contribution in [0, 0.1) is 0 Å². The summed E-state index contributed by atoms with van der Waals surface area (Å²) in [6, 6.07) is 11.4. The first-order valence-electron chi connectivity index (χ1n) is 7.92. The topological polar surface area (TPSA) is 60.5 Å². The summed E-state index contributed by atoms with van der Waals surface area (Å²) < 4.78 is 10.6. The Morgan fingerprint density at radius 2 is 1.83 bits per heavy atom. The fourth-order valence-corrected chi connectivity index (χ4v) is 2.12. The van der Waals surface area contributed by atoms with Gasteiger partial charge in [-0.15, -0.1) is 0 Å². The molecule has 1 amide bonds. The van der Waals surface area contributed by atoms with Gasteiger partial charge in [0.2, 0.25) is 5.88 Å². The second-order valence-electron chi connectivity index (χ2n) is 6.47. The fraction of sp³-hybridized carbons (Fsp3) is 0.368. The first-order valence-corrected chi connectivity index (χ1v) is 7.92. The second kappa shape index (κ2) is 7.81. The number of nitrogens with zero attached hydrogens (tertiary/aromatic N) is 1. The molecule has 1 N–H and O–H groups in total. The van der Waals surface area contributed by atoms with Gasteiger partial charge < -0.3 is 14.8 Å². The van der Waals surface area contributed by atoms with Crippen molar-refractivity contribution in [3.63, 3.8) is 0 Å². The van der Waals surface area contributed by atoms with Crippen LogP contribution in [0.4, 0.5) is 0 Å². The number of carbonyl (C=O) groups excluding carboxylic acids is 1. The van der Waals surface area contributed by atoms with E-state index in [1.165, 1.54) is 18.9 Å². The summed E-state index contributed by atoms with van der Waals surface area (Å²) in [6.07, 6.45) is 1.49. The molecule has 1 aromatic heterocycles. The lowest BCUT2D eigenvalue weighted by Gasteiger charge is -2.19. The zero-order valence-corrected chi connectivity index (χ0v) is 14.6. The molecule has 0 fully saturated rings. The predicted octanol–water partition coefficient (Wildman–Crippen LogP) is 3.20. The number of hydrogen-bond donors (Lipinski definition) is 1. The van der Waals surface area contributed by atoms with Gasteiger partial charge in [0, 0.05) is 12.3 Å². The van der Waals surface area contributed by atoms with Gasteiger partial charge in [-0.2, -0.15) is 0 Å². The Bertz CT molecular complexity index is 659. The number of carbonyl (C=O) groups is 1. The van der Waals surface area contributed by atoms with Crippen molar-refractivity contribution >= 4 is 5.91 Å². The molecule has 0 aliphatic heterocycles. The van der Waals surface area contributed by atoms with Crippen molar-refractivity contribution < 1.29 is 14.3 Å². The van der Waals surface area contributed by atoms with E-state index in [1.54, 1.807) is 12.1 Å². The number of methoxy groups -OCH3 is 1. The Labute approximate surface area is 143 Å². The monoisotopic (exact) mass is 328 g/mol. The van der Waals surface area contributed by atoms with Gasteiger partial charge in [0.1, 0.15) is 12.4 Å². The highest BCUT2D eigenvalue weighted by molar-refractivity contribution is 5.93. The molecule has 0 atom stereocenters. The summed E-state index contributed by atoms with van der Waals surface area (Å²) in [6.45, 7) is 7.35. The van der Waals surface area contributed by atoms with E-state index < -0.39 is 0 Å². The third-order valence-electron chi connectivity index (χ3n) is 3.58. The fourth-order valence-electron chi connectivity index (χ4n) is 2.12. The molecule has 1 heterocycles. The molecule has 2 rings (SSSR count). The molecule has 2 aromatic rings. The average molecular weight is 328 g/mol. The van der Waals surface area contributed by atoms with Crippen LogP contribution in [0.25, 0.3) is 0 Å². The van der Waals surface area contributed by atoms with Gasteiger partial charge in [-0.25, -0.2) is 4.98 Å². The molecule has 5 nitrogen and oxygen atoms in total. The molecule has 5 heteroatoms. The van der Waals surface area contributed by atoms with Crippen LogP contribution in [-0.4, -0.2) is 31.2 Å². The molecule has 0 aliphatic rings. The van der Waals surface area contributed by atoms with Crippen LogP contribution < -0.4 is 14.8 Å². The van der Waals surface area contributed by atoms with E-state index in [9.17, 15) is 4.79 Å². The SMILES string of the molecule is COc1ccc(C(=O)NCCOc2ccc(C(C)(C)C)cc2)cn1. The molecule has 128 valence electrons. The van der Waals surface area contributed by atoms with E-state index in [1.807, 2.05) is 12.1 Å². The minimum atomic E-state index is -0.183. The van der Waals surface area contributed by atoms with Gasteiger partial charge in [-0.3, -0.25) is 4.79 Å². The molecule has 0 saturated heterocycles. The Hall–Kier alpha value is -2.56. The van der Waals surface area contributed by atoms with E-state index in [0.717, 1.165) is 5.75 Å². The summed E-state index contributed by atoms with van der Waals surface area (Å²) in [5.74, 6) is 1.09. The highest BCUT2D eigenvalue weighted by Crippen LogP contribution is 2.24. The average Bonchev–Trinajstić information content (AvgIpc) is 2.58. The number of rotatable bonds is 6. The number of benzene rings is 1. The van der Waals surface area contributed by atoms with Crippen molar-refractivity contribution in [2.45, 2.75) is 26.2 Å². The zero-order valence-electron chi connectivity index (χ0n) is 14.6. The molecule has 0 radical (unpaired) electrons. The number of aromatic nitrogens is 1. The van der Waals surface area contributed by atoms with Gasteiger partial charge in [0.05, 0.1) is 19.2 Å². The van der Waals surface area contributed by atoms with Crippen molar-refractivity contribution in [3.8, 4) is 11.6 Å². The van der Waals surface area contributed by atoms with Gasteiger partial charge in [-0.05, 0) is 29.2 Å². The standard InChI is InChI=1S/C19H24N2O3/c1-19(2,3)15-6-8-16(9-7-15)24-12-11-20-18(22)14-5-10-17(23-4)21-13-14/h5-10,13H,11-12H2,1-4H3,(H,20,22). The van der Waals surface area contributed by atoms with Crippen LogP contribution in [0.5, 0.6) is 11.6 Å². The number of hydrogen-bond acceptors (Lipinski definition) is 4. The maximum absolute atomic E-state index is 12.0. The number of pyridine rings is 1. The van der Waals surface area contributed by atoms with Crippen LogP contribution in [0.3, 0.4) is 0 Å². The van der Waals surface area contributed by atoms with E-state index in [2.05, 4.69) is 43.2 Å². The summed E-state index contributed by atoms with van der Waals surface area (Å²) in [5, 5.41) is 2.80. The normalized spacial score (nSPS) is 11.0. The molecule has 0 spiro atoms. The molecule has 0 saturated carbocycles. The van der Waals surface area contributed by atoms with Gasteiger partial charge >= 0.3 is 0 Å². The Balaban J connectivity index is 1.77. The summed E-state index contributed by atoms with van der Waals surface area (Å²) in [5.41, 5.74) is 1.87. The highest BCUT2D eigenvalue weighted by atomic mass is 16.5. The molecule has 24 heavy (non-hydrogen) atoms. The minimum absolute atomic E-state index is 0.124. The van der Waals surface area contributed by atoms with Crippen LogP contribution in [0.15, 0.2) is 42.6 Å².